The second-order valence-electron chi connectivity index (χ2n) is 5.58. The van der Waals surface area contributed by atoms with Crippen molar-refractivity contribution < 1.29 is 9.53 Å². The Morgan fingerprint density at radius 1 is 0.905 bits per heavy atom. The molecule has 0 spiro atoms. The van der Waals surface area contributed by atoms with Crippen LogP contribution in [0.1, 0.15) is 77.6 Å². The van der Waals surface area contributed by atoms with E-state index in [0.717, 1.165) is 12.8 Å². The lowest BCUT2D eigenvalue weighted by atomic mass is 10.1. The van der Waals surface area contributed by atoms with E-state index in [2.05, 4.69) is 12.2 Å². The normalized spacial score (nSPS) is 10.8. The first-order valence-corrected chi connectivity index (χ1v) is 9.25. The van der Waals surface area contributed by atoms with Crippen molar-refractivity contribution in [1.82, 2.24) is 5.32 Å². The number of unbranched alkanes of at least 4 members (excludes halogenated alkanes) is 8. The molecule has 0 aromatic carbocycles. The first kappa shape index (κ1) is 20.7. The van der Waals surface area contributed by atoms with Crippen LogP contribution in [0.3, 0.4) is 0 Å². The Hall–Kier alpha value is -0.280. The molecule has 0 fully saturated rings. The van der Waals surface area contributed by atoms with Crippen LogP contribution in [0.5, 0.6) is 0 Å². The van der Waals surface area contributed by atoms with E-state index in [0.29, 0.717) is 32.1 Å². The highest BCUT2D eigenvalue weighted by Gasteiger charge is 2.00. The average Bonchev–Trinajstić information content (AvgIpc) is 2.49. The van der Waals surface area contributed by atoms with Crippen LogP contribution in [0, 0.1) is 0 Å². The van der Waals surface area contributed by atoms with Gasteiger partial charge in [-0.3, -0.25) is 4.79 Å². The van der Waals surface area contributed by atoms with Crippen molar-refractivity contribution in [3.8, 4) is 0 Å². The molecule has 1 amide bonds. The Morgan fingerprint density at radius 2 is 1.52 bits per heavy atom. The van der Waals surface area contributed by atoms with E-state index in [9.17, 15) is 4.79 Å². The number of alkyl halides is 1. The maximum atomic E-state index is 11.6. The molecule has 1 N–H and O–H groups in total. The van der Waals surface area contributed by atoms with Crippen LogP contribution in [0.25, 0.3) is 0 Å². The van der Waals surface area contributed by atoms with E-state index >= 15 is 0 Å². The Morgan fingerprint density at radius 3 is 2.14 bits per heavy atom. The molecule has 4 heteroatoms. The lowest BCUT2D eigenvalue weighted by Crippen LogP contribution is -2.24. The molecule has 0 aromatic rings. The minimum Gasteiger partial charge on any atom is -0.380 e. The van der Waals surface area contributed by atoms with Crippen molar-refractivity contribution in [3.05, 3.63) is 0 Å². The Balaban J connectivity index is 3.12. The fraction of sp³-hybridized carbons (Fsp3) is 0.941. The SMILES string of the molecule is CCCCCCCCCCCC(=O)NCCCOCCCl. The summed E-state index contributed by atoms with van der Waals surface area (Å²) in [6, 6.07) is 0. The first-order valence-electron chi connectivity index (χ1n) is 8.71. The van der Waals surface area contributed by atoms with E-state index in [-0.39, 0.29) is 5.91 Å². The zero-order chi connectivity index (χ0) is 15.6. The van der Waals surface area contributed by atoms with Gasteiger partial charge in [-0.1, -0.05) is 58.3 Å². The highest BCUT2D eigenvalue weighted by Crippen LogP contribution is 2.10. The number of hydrogen-bond acceptors (Lipinski definition) is 2. The summed E-state index contributed by atoms with van der Waals surface area (Å²) in [6.45, 7) is 4.22. The predicted octanol–water partition coefficient (Wildman–Crippen LogP) is 4.67. The van der Waals surface area contributed by atoms with Crippen molar-refractivity contribution in [1.29, 1.82) is 0 Å². The number of nitrogens with one attached hydrogen (secondary N) is 1. The standard InChI is InChI=1S/C17H34ClNO2/c1-2-3-4-5-6-7-8-9-10-12-17(20)19-14-11-15-21-16-13-18/h2-16H2,1H3,(H,19,20). The summed E-state index contributed by atoms with van der Waals surface area (Å²) in [6.07, 6.45) is 13.1. The third-order valence-electron chi connectivity index (χ3n) is 3.52. The number of carbonyl (C=O) groups is 1. The van der Waals surface area contributed by atoms with Gasteiger partial charge in [0.25, 0.3) is 0 Å². The lowest BCUT2D eigenvalue weighted by molar-refractivity contribution is -0.121. The zero-order valence-electron chi connectivity index (χ0n) is 13.8. The molecule has 0 aliphatic heterocycles. The highest BCUT2D eigenvalue weighted by atomic mass is 35.5. The second-order valence-corrected chi connectivity index (χ2v) is 5.96. The van der Waals surface area contributed by atoms with E-state index < -0.39 is 0 Å². The quantitative estimate of drug-likeness (QED) is 0.331. The number of hydrogen-bond donors (Lipinski definition) is 1. The number of amides is 1. The van der Waals surface area contributed by atoms with Crippen LogP contribution < -0.4 is 5.32 Å². The topological polar surface area (TPSA) is 38.3 Å². The number of rotatable bonds is 16. The maximum absolute atomic E-state index is 11.6. The third kappa shape index (κ3) is 17.7. The van der Waals surface area contributed by atoms with E-state index in [1.165, 1.54) is 51.4 Å². The average molecular weight is 320 g/mol. The van der Waals surface area contributed by atoms with Crippen LogP contribution in [-0.4, -0.2) is 31.5 Å². The van der Waals surface area contributed by atoms with Gasteiger partial charge in [-0.2, -0.15) is 0 Å². The molecular formula is C17H34ClNO2. The summed E-state index contributed by atoms with van der Waals surface area (Å²) in [7, 11) is 0. The summed E-state index contributed by atoms with van der Waals surface area (Å²) in [5.41, 5.74) is 0. The molecule has 0 heterocycles. The molecule has 0 aromatic heterocycles. The van der Waals surface area contributed by atoms with Gasteiger partial charge >= 0.3 is 0 Å². The molecule has 0 radical (unpaired) electrons. The minimum atomic E-state index is 0.176. The van der Waals surface area contributed by atoms with Gasteiger partial charge in [-0.05, 0) is 12.8 Å². The van der Waals surface area contributed by atoms with Gasteiger partial charge in [-0.25, -0.2) is 0 Å². The molecule has 0 aliphatic carbocycles. The fourth-order valence-electron chi connectivity index (χ4n) is 2.24. The van der Waals surface area contributed by atoms with Crippen LogP contribution in [-0.2, 0) is 9.53 Å². The summed E-state index contributed by atoms with van der Waals surface area (Å²) in [5.74, 6) is 0.709. The maximum Gasteiger partial charge on any atom is 0.219 e. The van der Waals surface area contributed by atoms with E-state index in [1.807, 2.05) is 0 Å². The number of halogens is 1. The van der Waals surface area contributed by atoms with Crippen molar-refractivity contribution in [2.75, 3.05) is 25.6 Å². The summed E-state index contributed by atoms with van der Waals surface area (Å²) in [4.78, 5) is 11.6. The molecule has 3 nitrogen and oxygen atoms in total. The number of ether oxygens (including phenoxy) is 1. The molecule has 21 heavy (non-hydrogen) atoms. The van der Waals surface area contributed by atoms with Crippen LogP contribution in [0.15, 0.2) is 0 Å². The lowest BCUT2D eigenvalue weighted by Gasteiger charge is -2.06. The van der Waals surface area contributed by atoms with E-state index in [4.69, 9.17) is 16.3 Å². The molecule has 0 aliphatic rings. The second kappa shape index (κ2) is 17.8. The monoisotopic (exact) mass is 319 g/mol. The van der Waals surface area contributed by atoms with Gasteiger partial charge in [0.05, 0.1) is 6.61 Å². The fourth-order valence-corrected chi connectivity index (χ4v) is 2.35. The van der Waals surface area contributed by atoms with Crippen LogP contribution in [0.2, 0.25) is 0 Å². The van der Waals surface area contributed by atoms with Crippen LogP contribution >= 0.6 is 11.6 Å². The van der Waals surface area contributed by atoms with Gasteiger partial charge < -0.3 is 10.1 Å². The van der Waals surface area contributed by atoms with E-state index in [1.54, 1.807) is 0 Å². The Labute approximate surface area is 136 Å². The van der Waals surface area contributed by atoms with Crippen molar-refractivity contribution >= 4 is 17.5 Å². The number of carbonyl (C=O) groups excluding carboxylic acids is 1. The molecule has 0 saturated heterocycles. The van der Waals surface area contributed by atoms with Crippen molar-refractivity contribution in [3.63, 3.8) is 0 Å². The Kier molecular flexibility index (Phi) is 17.5. The summed E-state index contributed by atoms with van der Waals surface area (Å²) in [5, 5.41) is 2.93. The molecule has 0 saturated carbocycles. The smallest absolute Gasteiger partial charge is 0.219 e. The molecule has 126 valence electrons. The molecule has 0 atom stereocenters. The molecule has 0 unspecified atom stereocenters. The Bertz CT molecular complexity index is 225. The van der Waals surface area contributed by atoms with Gasteiger partial charge in [0.15, 0.2) is 0 Å². The van der Waals surface area contributed by atoms with Gasteiger partial charge in [0, 0.05) is 25.5 Å². The minimum absolute atomic E-state index is 0.176. The molecular weight excluding hydrogens is 286 g/mol. The predicted molar refractivity (Wildman–Crippen MR) is 91.0 cm³/mol. The van der Waals surface area contributed by atoms with Crippen molar-refractivity contribution in [2.24, 2.45) is 0 Å². The van der Waals surface area contributed by atoms with Crippen LogP contribution in [0.4, 0.5) is 0 Å². The van der Waals surface area contributed by atoms with Gasteiger partial charge in [0.1, 0.15) is 0 Å². The zero-order valence-corrected chi connectivity index (χ0v) is 14.6. The molecule has 0 bridgehead atoms. The first-order chi connectivity index (χ1) is 10.3. The largest absolute Gasteiger partial charge is 0.380 e. The summed E-state index contributed by atoms with van der Waals surface area (Å²) < 4.78 is 5.24. The summed E-state index contributed by atoms with van der Waals surface area (Å²) >= 11 is 5.49. The van der Waals surface area contributed by atoms with Gasteiger partial charge in [-0.15, -0.1) is 11.6 Å². The third-order valence-corrected chi connectivity index (χ3v) is 3.67. The highest BCUT2D eigenvalue weighted by molar-refractivity contribution is 6.17. The van der Waals surface area contributed by atoms with Gasteiger partial charge in [0.2, 0.25) is 5.91 Å². The van der Waals surface area contributed by atoms with Crippen molar-refractivity contribution in [2.45, 2.75) is 77.6 Å². The molecule has 0 rings (SSSR count).